The fourth-order valence-corrected chi connectivity index (χ4v) is 5.21. The molecule has 0 radical (unpaired) electrons. The zero-order chi connectivity index (χ0) is 18.4. The Labute approximate surface area is 157 Å². The molecular formula is C20H30N2O3S. The number of sulfonamides is 1. The number of nitrogens with zero attached hydrogens (tertiary/aromatic N) is 1. The number of likely N-dealkylation sites (tertiary alicyclic amines) is 1. The zero-order valence-electron chi connectivity index (χ0n) is 15.4. The predicted octanol–water partition coefficient (Wildman–Crippen LogP) is 3.17. The van der Waals surface area contributed by atoms with Crippen LogP contribution < -0.4 is 4.72 Å². The Balaban J connectivity index is 1.46. The Morgan fingerprint density at radius 3 is 2.19 bits per heavy atom. The molecule has 1 saturated heterocycles. The molecule has 0 spiro atoms. The van der Waals surface area contributed by atoms with Crippen molar-refractivity contribution in [3.05, 3.63) is 30.3 Å². The summed E-state index contributed by atoms with van der Waals surface area (Å²) in [5, 5.41) is 0. The average Bonchev–Trinajstić information content (AvgIpc) is 2.96. The van der Waals surface area contributed by atoms with Crippen molar-refractivity contribution >= 4 is 15.9 Å². The van der Waals surface area contributed by atoms with Crippen LogP contribution in [0.25, 0.3) is 0 Å². The normalized spacial score (nSPS) is 24.8. The molecule has 1 heterocycles. The molecule has 0 bridgehead atoms. The highest BCUT2D eigenvalue weighted by Crippen LogP contribution is 2.30. The topological polar surface area (TPSA) is 66.5 Å². The molecule has 0 atom stereocenters. The van der Waals surface area contributed by atoms with Crippen molar-refractivity contribution < 1.29 is 13.2 Å². The van der Waals surface area contributed by atoms with Crippen molar-refractivity contribution in [1.82, 2.24) is 9.62 Å². The Kier molecular flexibility index (Phi) is 6.70. The van der Waals surface area contributed by atoms with Crippen LogP contribution in [0.3, 0.4) is 0 Å². The monoisotopic (exact) mass is 378 g/mol. The van der Waals surface area contributed by atoms with E-state index in [0.29, 0.717) is 23.3 Å². The SMILES string of the molecule is O=C(C1CCC(CNS(=O)(=O)c2ccccc2)CC1)N1CCCCCC1. The molecule has 5 nitrogen and oxygen atoms in total. The van der Waals surface area contributed by atoms with Gasteiger partial charge in [-0.2, -0.15) is 0 Å². The fourth-order valence-electron chi connectivity index (χ4n) is 4.07. The van der Waals surface area contributed by atoms with Gasteiger partial charge in [0.15, 0.2) is 0 Å². The predicted molar refractivity (Wildman–Crippen MR) is 102 cm³/mol. The third kappa shape index (κ3) is 5.07. The minimum atomic E-state index is -3.44. The van der Waals surface area contributed by atoms with Gasteiger partial charge >= 0.3 is 0 Å². The van der Waals surface area contributed by atoms with Crippen LogP contribution in [0.2, 0.25) is 0 Å². The number of hydrogen-bond acceptors (Lipinski definition) is 3. The van der Waals surface area contributed by atoms with Crippen LogP contribution in [0.4, 0.5) is 0 Å². The summed E-state index contributed by atoms with van der Waals surface area (Å²) in [6, 6.07) is 8.49. The lowest BCUT2D eigenvalue weighted by Gasteiger charge is -2.31. The van der Waals surface area contributed by atoms with Crippen LogP contribution in [0, 0.1) is 11.8 Å². The van der Waals surface area contributed by atoms with Crippen LogP contribution in [-0.2, 0) is 14.8 Å². The largest absolute Gasteiger partial charge is 0.342 e. The van der Waals surface area contributed by atoms with E-state index in [-0.39, 0.29) is 5.92 Å². The number of hydrogen-bond donors (Lipinski definition) is 1. The average molecular weight is 379 g/mol. The van der Waals surface area contributed by atoms with E-state index in [1.165, 1.54) is 12.8 Å². The maximum absolute atomic E-state index is 12.7. The van der Waals surface area contributed by atoms with Gasteiger partial charge in [-0.1, -0.05) is 31.0 Å². The van der Waals surface area contributed by atoms with Gasteiger partial charge in [-0.3, -0.25) is 4.79 Å². The quantitative estimate of drug-likeness (QED) is 0.856. The molecule has 1 aromatic rings. The van der Waals surface area contributed by atoms with E-state index in [1.807, 2.05) is 6.07 Å². The molecule has 2 fully saturated rings. The highest BCUT2D eigenvalue weighted by atomic mass is 32.2. The van der Waals surface area contributed by atoms with Gasteiger partial charge in [0.05, 0.1) is 4.90 Å². The molecule has 0 aromatic heterocycles. The molecule has 1 saturated carbocycles. The Morgan fingerprint density at radius 2 is 1.58 bits per heavy atom. The number of benzene rings is 1. The molecule has 1 amide bonds. The summed E-state index contributed by atoms with van der Waals surface area (Å²) in [5.41, 5.74) is 0. The smallest absolute Gasteiger partial charge is 0.240 e. The van der Waals surface area contributed by atoms with Crippen molar-refractivity contribution in [3.63, 3.8) is 0 Å². The van der Waals surface area contributed by atoms with Gasteiger partial charge in [-0.25, -0.2) is 13.1 Å². The van der Waals surface area contributed by atoms with Crippen LogP contribution in [0.15, 0.2) is 35.2 Å². The molecule has 26 heavy (non-hydrogen) atoms. The maximum Gasteiger partial charge on any atom is 0.240 e. The fraction of sp³-hybridized carbons (Fsp3) is 0.650. The summed E-state index contributed by atoms with van der Waals surface area (Å²) in [5.74, 6) is 0.784. The summed E-state index contributed by atoms with van der Waals surface area (Å²) in [6.07, 6.45) is 8.32. The molecular weight excluding hydrogens is 348 g/mol. The highest BCUT2D eigenvalue weighted by Gasteiger charge is 2.30. The molecule has 2 aliphatic rings. The van der Waals surface area contributed by atoms with Crippen LogP contribution in [0.5, 0.6) is 0 Å². The van der Waals surface area contributed by atoms with Gasteiger partial charge in [0.1, 0.15) is 0 Å². The minimum absolute atomic E-state index is 0.134. The van der Waals surface area contributed by atoms with Crippen molar-refractivity contribution in [2.24, 2.45) is 11.8 Å². The first-order valence-corrected chi connectivity index (χ1v) is 11.4. The van der Waals surface area contributed by atoms with Crippen molar-refractivity contribution in [1.29, 1.82) is 0 Å². The van der Waals surface area contributed by atoms with E-state index < -0.39 is 10.0 Å². The third-order valence-corrected chi connectivity index (χ3v) is 7.17. The number of rotatable bonds is 5. The summed E-state index contributed by atoms with van der Waals surface area (Å²) < 4.78 is 27.4. The summed E-state index contributed by atoms with van der Waals surface area (Å²) in [6.45, 7) is 2.28. The number of nitrogens with one attached hydrogen (secondary N) is 1. The van der Waals surface area contributed by atoms with Gasteiger partial charge < -0.3 is 4.90 Å². The highest BCUT2D eigenvalue weighted by molar-refractivity contribution is 7.89. The van der Waals surface area contributed by atoms with Crippen LogP contribution >= 0.6 is 0 Å². The van der Waals surface area contributed by atoms with Gasteiger partial charge in [0, 0.05) is 25.6 Å². The Morgan fingerprint density at radius 1 is 0.962 bits per heavy atom. The third-order valence-electron chi connectivity index (χ3n) is 5.73. The number of carbonyl (C=O) groups excluding carboxylic acids is 1. The maximum atomic E-state index is 12.7. The van der Waals surface area contributed by atoms with E-state index >= 15 is 0 Å². The van der Waals surface area contributed by atoms with E-state index in [1.54, 1.807) is 24.3 Å². The van der Waals surface area contributed by atoms with Crippen molar-refractivity contribution in [2.45, 2.75) is 56.3 Å². The van der Waals surface area contributed by atoms with E-state index in [4.69, 9.17) is 0 Å². The number of amides is 1. The molecule has 1 N–H and O–H groups in total. The Hall–Kier alpha value is -1.40. The molecule has 1 aliphatic carbocycles. The molecule has 6 heteroatoms. The summed E-state index contributed by atoms with van der Waals surface area (Å²) >= 11 is 0. The van der Waals surface area contributed by atoms with E-state index in [2.05, 4.69) is 9.62 Å². The number of carbonyl (C=O) groups is 1. The minimum Gasteiger partial charge on any atom is -0.342 e. The lowest BCUT2D eigenvalue weighted by Crippen LogP contribution is -2.39. The van der Waals surface area contributed by atoms with E-state index in [9.17, 15) is 13.2 Å². The molecule has 144 valence electrons. The lowest BCUT2D eigenvalue weighted by atomic mass is 9.81. The van der Waals surface area contributed by atoms with Crippen molar-refractivity contribution in [2.75, 3.05) is 19.6 Å². The second-order valence-electron chi connectivity index (χ2n) is 7.62. The first-order chi connectivity index (χ1) is 12.6. The van der Waals surface area contributed by atoms with Gasteiger partial charge in [-0.15, -0.1) is 0 Å². The molecule has 1 aliphatic heterocycles. The standard InChI is InChI=1S/C20H30N2O3S/c23-20(22-14-6-1-2-7-15-22)18-12-10-17(11-13-18)16-21-26(24,25)19-8-4-3-5-9-19/h3-5,8-9,17-18,21H,1-2,6-7,10-16H2. The lowest BCUT2D eigenvalue weighted by molar-refractivity contribution is -0.136. The second-order valence-corrected chi connectivity index (χ2v) is 9.39. The molecule has 1 aromatic carbocycles. The zero-order valence-corrected chi connectivity index (χ0v) is 16.2. The molecule has 0 unspecified atom stereocenters. The first kappa shape index (κ1) is 19.4. The van der Waals surface area contributed by atoms with Gasteiger partial charge in [0.2, 0.25) is 15.9 Å². The summed E-state index contributed by atoms with van der Waals surface area (Å²) in [4.78, 5) is 15.1. The van der Waals surface area contributed by atoms with Crippen LogP contribution in [-0.4, -0.2) is 38.9 Å². The van der Waals surface area contributed by atoms with Gasteiger partial charge in [-0.05, 0) is 56.6 Å². The van der Waals surface area contributed by atoms with Crippen LogP contribution in [0.1, 0.15) is 51.4 Å². The Bertz CT molecular complexity index is 674. The second kappa shape index (κ2) is 9.00. The van der Waals surface area contributed by atoms with E-state index in [0.717, 1.165) is 51.6 Å². The van der Waals surface area contributed by atoms with Gasteiger partial charge in [0.25, 0.3) is 0 Å². The van der Waals surface area contributed by atoms with Crippen molar-refractivity contribution in [3.8, 4) is 0 Å². The summed E-state index contributed by atoms with van der Waals surface area (Å²) in [7, 11) is -3.44. The first-order valence-electron chi connectivity index (χ1n) is 9.90. The molecule has 3 rings (SSSR count).